The van der Waals surface area contributed by atoms with Gasteiger partial charge in [0.05, 0.1) is 19.1 Å². The molecule has 0 amide bonds. The van der Waals surface area contributed by atoms with Crippen molar-refractivity contribution in [2.45, 2.75) is 27.3 Å². The summed E-state index contributed by atoms with van der Waals surface area (Å²) in [5.74, 6) is 1.55. The lowest BCUT2D eigenvalue weighted by atomic mass is 10.2. The zero-order chi connectivity index (χ0) is 18.7. The molecule has 3 aromatic rings. The standard InChI is InChI=1S/C18H20N4O3S/c1-5-25-18(23)14-10(2)13-15(21-11(3)22-17(13)26-14)20-9-12-7-6-8-19-16(12)24-4/h6-8H,5,9H2,1-4H3,(H,20,21,22). The molecular weight excluding hydrogens is 352 g/mol. The first kappa shape index (κ1) is 18.1. The first-order valence-corrected chi connectivity index (χ1v) is 9.03. The predicted molar refractivity (Wildman–Crippen MR) is 101 cm³/mol. The van der Waals surface area contributed by atoms with Gasteiger partial charge in [-0.3, -0.25) is 0 Å². The molecular formula is C18H20N4O3S. The zero-order valence-corrected chi connectivity index (χ0v) is 15.9. The Morgan fingerprint density at radius 1 is 1.31 bits per heavy atom. The van der Waals surface area contributed by atoms with Crippen LogP contribution < -0.4 is 10.1 Å². The number of nitrogens with zero attached hydrogens (tertiary/aromatic N) is 3. The Labute approximate surface area is 155 Å². The van der Waals surface area contributed by atoms with Crippen LogP contribution in [0.1, 0.15) is 33.5 Å². The Balaban J connectivity index is 1.98. The quantitative estimate of drug-likeness (QED) is 0.663. The van der Waals surface area contributed by atoms with E-state index in [9.17, 15) is 4.79 Å². The number of nitrogens with one attached hydrogen (secondary N) is 1. The number of hydrogen-bond acceptors (Lipinski definition) is 8. The third-order valence-corrected chi connectivity index (χ3v) is 5.02. The number of anilines is 1. The van der Waals surface area contributed by atoms with Crippen LogP contribution in [0.5, 0.6) is 5.88 Å². The summed E-state index contributed by atoms with van der Waals surface area (Å²) in [6, 6.07) is 3.80. The van der Waals surface area contributed by atoms with Crippen LogP contribution in [0, 0.1) is 13.8 Å². The van der Waals surface area contributed by atoms with E-state index in [1.54, 1.807) is 20.2 Å². The van der Waals surface area contributed by atoms with E-state index in [-0.39, 0.29) is 5.97 Å². The SMILES string of the molecule is CCOC(=O)c1sc2nc(C)nc(NCc3cccnc3OC)c2c1C. The molecule has 0 fully saturated rings. The summed E-state index contributed by atoms with van der Waals surface area (Å²) >= 11 is 1.33. The lowest BCUT2D eigenvalue weighted by Gasteiger charge is -2.10. The van der Waals surface area contributed by atoms with Crippen molar-refractivity contribution in [1.29, 1.82) is 0 Å². The number of ether oxygens (including phenoxy) is 2. The number of aromatic nitrogens is 3. The predicted octanol–water partition coefficient (Wildman–Crippen LogP) is 3.50. The van der Waals surface area contributed by atoms with Crippen LogP contribution in [0.4, 0.5) is 5.82 Å². The first-order valence-electron chi connectivity index (χ1n) is 8.21. The second-order valence-corrected chi connectivity index (χ2v) is 6.60. The first-order chi connectivity index (χ1) is 12.5. The molecule has 0 bridgehead atoms. The summed E-state index contributed by atoms with van der Waals surface area (Å²) in [6.07, 6.45) is 1.68. The number of thiophene rings is 1. The molecule has 26 heavy (non-hydrogen) atoms. The molecule has 0 aromatic carbocycles. The lowest BCUT2D eigenvalue weighted by Crippen LogP contribution is -2.06. The van der Waals surface area contributed by atoms with Crippen LogP contribution >= 0.6 is 11.3 Å². The smallest absolute Gasteiger partial charge is 0.348 e. The topological polar surface area (TPSA) is 86.2 Å². The average Bonchev–Trinajstić information content (AvgIpc) is 2.96. The number of carbonyl (C=O) groups is 1. The van der Waals surface area contributed by atoms with Crippen molar-refractivity contribution in [1.82, 2.24) is 15.0 Å². The third-order valence-electron chi connectivity index (χ3n) is 3.85. The highest BCUT2D eigenvalue weighted by Gasteiger charge is 2.21. The number of methoxy groups -OCH3 is 1. The van der Waals surface area contributed by atoms with E-state index in [0.717, 1.165) is 21.3 Å². The van der Waals surface area contributed by atoms with Gasteiger partial charge in [-0.2, -0.15) is 0 Å². The van der Waals surface area contributed by atoms with Gasteiger partial charge in [0.2, 0.25) is 5.88 Å². The Morgan fingerprint density at radius 3 is 2.85 bits per heavy atom. The molecule has 3 rings (SSSR count). The maximum Gasteiger partial charge on any atom is 0.348 e. The second-order valence-electron chi connectivity index (χ2n) is 5.60. The van der Waals surface area contributed by atoms with E-state index in [0.29, 0.717) is 35.6 Å². The summed E-state index contributed by atoms with van der Waals surface area (Å²) in [7, 11) is 1.59. The number of hydrogen-bond donors (Lipinski definition) is 1. The third kappa shape index (κ3) is 3.45. The summed E-state index contributed by atoms with van der Waals surface area (Å²) < 4.78 is 10.4. The second kappa shape index (κ2) is 7.65. The highest BCUT2D eigenvalue weighted by atomic mass is 32.1. The van der Waals surface area contributed by atoms with Gasteiger partial charge in [0, 0.05) is 18.3 Å². The van der Waals surface area contributed by atoms with Gasteiger partial charge in [0.15, 0.2) is 0 Å². The molecule has 0 unspecified atom stereocenters. The molecule has 136 valence electrons. The van der Waals surface area contributed by atoms with Gasteiger partial charge >= 0.3 is 5.97 Å². The molecule has 0 radical (unpaired) electrons. The van der Waals surface area contributed by atoms with E-state index >= 15 is 0 Å². The van der Waals surface area contributed by atoms with E-state index in [4.69, 9.17) is 9.47 Å². The normalized spacial score (nSPS) is 10.8. The van der Waals surface area contributed by atoms with E-state index in [1.165, 1.54) is 11.3 Å². The molecule has 0 spiro atoms. The fraction of sp³-hybridized carbons (Fsp3) is 0.333. The van der Waals surface area contributed by atoms with Crippen molar-refractivity contribution < 1.29 is 14.3 Å². The van der Waals surface area contributed by atoms with Crippen LogP contribution in [-0.2, 0) is 11.3 Å². The number of pyridine rings is 1. The summed E-state index contributed by atoms with van der Waals surface area (Å²) in [5.41, 5.74) is 1.74. The molecule has 0 saturated carbocycles. The summed E-state index contributed by atoms with van der Waals surface area (Å²) in [6.45, 7) is 6.34. The Hall–Kier alpha value is -2.74. The number of rotatable bonds is 6. The molecule has 0 atom stereocenters. The monoisotopic (exact) mass is 372 g/mol. The highest BCUT2D eigenvalue weighted by Crippen LogP contribution is 2.34. The van der Waals surface area contributed by atoms with Crippen molar-refractivity contribution in [2.24, 2.45) is 0 Å². The zero-order valence-electron chi connectivity index (χ0n) is 15.1. The molecule has 8 heteroatoms. The molecule has 0 aliphatic rings. The minimum atomic E-state index is -0.328. The maximum atomic E-state index is 12.2. The molecule has 0 aliphatic carbocycles. The maximum absolute atomic E-state index is 12.2. The molecule has 7 nitrogen and oxygen atoms in total. The van der Waals surface area contributed by atoms with Crippen molar-refractivity contribution in [3.8, 4) is 5.88 Å². The van der Waals surface area contributed by atoms with Gasteiger partial charge < -0.3 is 14.8 Å². The lowest BCUT2D eigenvalue weighted by molar-refractivity contribution is 0.0531. The number of carbonyl (C=O) groups excluding carboxylic acids is 1. The van der Waals surface area contributed by atoms with Crippen molar-refractivity contribution >= 4 is 33.3 Å². The summed E-state index contributed by atoms with van der Waals surface area (Å²) in [4.78, 5) is 26.7. The van der Waals surface area contributed by atoms with Crippen molar-refractivity contribution in [3.05, 3.63) is 40.2 Å². The van der Waals surface area contributed by atoms with Gasteiger partial charge in [-0.25, -0.2) is 19.7 Å². The van der Waals surface area contributed by atoms with Gasteiger partial charge in [-0.15, -0.1) is 11.3 Å². The van der Waals surface area contributed by atoms with E-state index < -0.39 is 0 Å². The van der Waals surface area contributed by atoms with Crippen LogP contribution in [0.2, 0.25) is 0 Å². The largest absolute Gasteiger partial charge is 0.481 e. The fourth-order valence-electron chi connectivity index (χ4n) is 2.69. The number of esters is 1. The molecule has 3 heterocycles. The highest BCUT2D eigenvalue weighted by molar-refractivity contribution is 7.20. The van der Waals surface area contributed by atoms with Crippen LogP contribution in [0.15, 0.2) is 18.3 Å². The molecule has 0 aliphatic heterocycles. The van der Waals surface area contributed by atoms with Gasteiger partial charge in [-0.1, -0.05) is 6.07 Å². The fourth-order valence-corrected chi connectivity index (χ4v) is 3.81. The van der Waals surface area contributed by atoms with E-state index in [2.05, 4.69) is 20.3 Å². The van der Waals surface area contributed by atoms with Crippen LogP contribution in [0.25, 0.3) is 10.2 Å². The molecule has 0 saturated heterocycles. The average molecular weight is 372 g/mol. The Kier molecular flexibility index (Phi) is 5.32. The Morgan fingerprint density at radius 2 is 2.12 bits per heavy atom. The molecule has 3 aromatic heterocycles. The Bertz CT molecular complexity index is 955. The van der Waals surface area contributed by atoms with Crippen LogP contribution in [-0.4, -0.2) is 34.6 Å². The minimum absolute atomic E-state index is 0.328. The van der Waals surface area contributed by atoms with Crippen LogP contribution in [0.3, 0.4) is 0 Å². The van der Waals surface area contributed by atoms with Gasteiger partial charge in [0.25, 0.3) is 0 Å². The number of aryl methyl sites for hydroxylation is 2. The summed E-state index contributed by atoms with van der Waals surface area (Å²) in [5, 5.41) is 4.17. The van der Waals surface area contributed by atoms with Gasteiger partial charge in [-0.05, 0) is 32.4 Å². The van der Waals surface area contributed by atoms with Gasteiger partial charge in [0.1, 0.15) is 21.3 Å². The minimum Gasteiger partial charge on any atom is -0.481 e. The van der Waals surface area contributed by atoms with Crippen molar-refractivity contribution in [2.75, 3.05) is 19.0 Å². The van der Waals surface area contributed by atoms with E-state index in [1.807, 2.05) is 26.0 Å². The van der Waals surface area contributed by atoms with Crippen molar-refractivity contribution in [3.63, 3.8) is 0 Å². The molecule has 1 N–H and O–H groups in total. The number of fused-ring (bicyclic) bond motifs is 1.